The van der Waals surface area contributed by atoms with Gasteiger partial charge in [0.15, 0.2) is 5.69 Å². The molecule has 7 heteroatoms. The summed E-state index contributed by atoms with van der Waals surface area (Å²) in [5, 5.41) is 9.28. The molecule has 0 unspecified atom stereocenters. The Bertz CT molecular complexity index is 612. The van der Waals surface area contributed by atoms with Gasteiger partial charge < -0.3 is 5.32 Å². The first-order valence-corrected chi connectivity index (χ1v) is 6.14. The Balaban J connectivity index is 2.07. The number of carbonyl (C=O) groups excluding carboxylic acids is 1. The highest BCUT2D eigenvalue weighted by Gasteiger charge is 2.33. The molecule has 1 heterocycles. The minimum Gasteiger partial charge on any atom is -0.344 e. The molecule has 1 aromatic carbocycles. The molecule has 110 valence electrons. The molecule has 0 spiro atoms. The van der Waals surface area contributed by atoms with Crippen LogP contribution in [0.25, 0.3) is 0 Å². The molecule has 2 rings (SSSR count). The van der Waals surface area contributed by atoms with Gasteiger partial charge in [-0.3, -0.25) is 4.79 Å². The zero-order chi connectivity index (χ0) is 15.5. The summed E-state index contributed by atoms with van der Waals surface area (Å²) in [6, 6.07) is 9.99. The first-order valence-electron chi connectivity index (χ1n) is 6.14. The van der Waals surface area contributed by atoms with Gasteiger partial charge in [-0.15, -0.1) is 5.10 Å². The fraction of sp³-hybridized carbons (Fsp3) is 0.214. The van der Waals surface area contributed by atoms with Crippen molar-refractivity contribution in [1.29, 1.82) is 0 Å². The fourth-order valence-electron chi connectivity index (χ4n) is 1.67. The Morgan fingerprint density at radius 3 is 2.29 bits per heavy atom. The zero-order valence-corrected chi connectivity index (χ0v) is 11.1. The first-order chi connectivity index (χ1) is 9.88. The molecule has 1 amide bonds. The molecule has 0 radical (unpaired) electrons. The van der Waals surface area contributed by atoms with Crippen LogP contribution < -0.4 is 5.32 Å². The van der Waals surface area contributed by atoms with Gasteiger partial charge in [0, 0.05) is 5.56 Å². The SMILES string of the molecule is C[C@@H](NC(=O)c1ccccc1)c1ccc(C(F)(F)F)nn1. The number of hydrogen-bond donors (Lipinski definition) is 1. The van der Waals surface area contributed by atoms with E-state index in [1.165, 1.54) is 6.07 Å². The molecule has 0 bridgehead atoms. The average Bonchev–Trinajstić information content (AvgIpc) is 2.47. The van der Waals surface area contributed by atoms with E-state index in [-0.39, 0.29) is 11.6 Å². The van der Waals surface area contributed by atoms with Crippen molar-refractivity contribution >= 4 is 5.91 Å². The van der Waals surface area contributed by atoms with Gasteiger partial charge in [-0.1, -0.05) is 18.2 Å². The lowest BCUT2D eigenvalue weighted by atomic mass is 10.1. The van der Waals surface area contributed by atoms with Crippen LogP contribution in [0.5, 0.6) is 0 Å². The molecule has 0 saturated heterocycles. The maximum Gasteiger partial charge on any atom is 0.435 e. The van der Waals surface area contributed by atoms with E-state index in [1.807, 2.05) is 0 Å². The normalized spacial score (nSPS) is 12.8. The van der Waals surface area contributed by atoms with Crippen LogP contribution >= 0.6 is 0 Å². The maximum absolute atomic E-state index is 12.4. The third kappa shape index (κ3) is 3.77. The summed E-state index contributed by atoms with van der Waals surface area (Å²) in [5.74, 6) is -0.329. The lowest BCUT2D eigenvalue weighted by molar-refractivity contribution is -0.141. The largest absolute Gasteiger partial charge is 0.435 e. The molecule has 1 N–H and O–H groups in total. The molecule has 21 heavy (non-hydrogen) atoms. The van der Waals surface area contributed by atoms with E-state index in [4.69, 9.17) is 0 Å². The third-order valence-corrected chi connectivity index (χ3v) is 2.80. The van der Waals surface area contributed by atoms with Crippen molar-refractivity contribution < 1.29 is 18.0 Å². The molecular formula is C14H12F3N3O. The van der Waals surface area contributed by atoms with Gasteiger partial charge in [0.05, 0.1) is 11.7 Å². The Hall–Kier alpha value is -2.44. The van der Waals surface area contributed by atoms with Gasteiger partial charge in [-0.2, -0.15) is 18.3 Å². The van der Waals surface area contributed by atoms with E-state index in [2.05, 4.69) is 15.5 Å². The number of benzene rings is 1. The van der Waals surface area contributed by atoms with E-state index in [1.54, 1.807) is 37.3 Å². The molecule has 0 aliphatic rings. The molecule has 4 nitrogen and oxygen atoms in total. The summed E-state index contributed by atoms with van der Waals surface area (Å²) in [6.45, 7) is 1.62. The standard InChI is InChI=1S/C14H12F3N3O/c1-9(18-13(21)10-5-3-2-4-6-10)11-7-8-12(20-19-11)14(15,16)17/h2-9H,1H3,(H,18,21)/t9-/m1/s1. The molecule has 0 fully saturated rings. The number of halogens is 3. The van der Waals surface area contributed by atoms with Crippen LogP contribution in [0.1, 0.15) is 34.7 Å². The van der Waals surface area contributed by atoms with Crippen molar-refractivity contribution in [2.24, 2.45) is 0 Å². The van der Waals surface area contributed by atoms with Crippen LogP contribution in [-0.2, 0) is 6.18 Å². The highest BCUT2D eigenvalue weighted by molar-refractivity contribution is 5.94. The second kappa shape index (κ2) is 5.90. The van der Waals surface area contributed by atoms with E-state index < -0.39 is 17.9 Å². The number of aromatic nitrogens is 2. The van der Waals surface area contributed by atoms with Crippen LogP contribution in [0, 0.1) is 0 Å². The lowest BCUT2D eigenvalue weighted by Crippen LogP contribution is -2.27. The van der Waals surface area contributed by atoms with Gasteiger partial charge >= 0.3 is 6.18 Å². The Kier molecular flexibility index (Phi) is 4.21. The number of nitrogens with zero attached hydrogens (tertiary/aromatic N) is 2. The minimum atomic E-state index is -4.53. The Morgan fingerprint density at radius 2 is 1.76 bits per heavy atom. The monoisotopic (exact) mass is 295 g/mol. The Morgan fingerprint density at radius 1 is 1.10 bits per heavy atom. The van der Waals surface area contributed by atoms with Gasteiger partial charge in [-0.05, 0) is 31.2 Å². The number of rotatable bonds is 3. The van der Waals surface area contributed by atoms with Crippen molar-refractivity contribution in [3.05, 3.63) is 59.4 Å². The first kappa shape index (κ1) is 15.0. The predicted molar refractivity (Wildman–Crippen MR) is 69.4 cm³/mol. The van der Waals surface area contributed by atoms with Crippen molar-refractivity contribution in [3.63, 3.8) is 0 Å². The van der Waals surface area contributed by atoms with Crippen LogP contribution in [0.4, 0.5) is 13.2 Å². The topological polar surface area (TPSA) is 54.9 Å². The van der Waals surface area contributed by atoms with Crippen LogP contribution in [0.3, 0.4) is 0 Å². The molecule has 0 saturated carbocycles. The predicted octanol–water partition coefficient (Wildman–Crippen LogP) is 2.99. The van der Waals surface area contributed by atoms with E-state index in [0.717, 1.165) is 6.07 Å². The molecule has 1 aromatic heterocycles. The maximum atomic E-state index is 12.4. The number of hydrogen-bond acceptors (Lipinski definition) is 3. The number of alkyl halides is 3. The summed E-state index contributed by atoms with van der Waals surface area (Å²) < 4.78 is 37.1. The van der Waals surface area contributed by atoms with Gasteiger partial charge in [0.2, 0.25) is 0 Å². The molecule has 0 aliphatic carbocycles. The quantitative estimate of drug-likeness (QED) is 0.947. The molecule has 0 aliphatic heterocycles. The summed E-state index contributed by atoms with van der Waals surface area (Å²) in [5.41, 5.74) is -0.343. The van der Waals surface area contributed by atoms with Crippen molar-refractivity contribution in [2.75, 3.05) is 0 Å². The second-order valence-electron chi connectivity index (χ2n) is 4.40. The fourth-order valence-corrected chi connectivity index (χ4v) is 1.67. The molecule has 1 atom stereocenters. The van der Waals surface area contributed by atoms with Crippen molar-refractivity contribution in [3.8, 4) is 0 Å². The van der Waals surface area contributed by atoms with E-state index in [0.29, 0.717) is 5.56 Å². The summed E-state index contributed by atoms with van der Waals surface area (Å²) >= 11 is 0. The van der Waals surface area contributed by atoms with Gasteiger partial charge in [0.1, 0.15) is 0 Å². The van der Waals surface area contributed by atoms with Gasteiger partial charge in [0.25, 0.3) is 5.91 Å². The Labute approximate surface area is 119 Å². The minimum absolute atomic E-state index is 0.257. The number of nitrogens with one attached hydrogen (secondary N) is 1. The van der Waals surface area contributed by atoms with Crippen LogP contribution in [0.2, 0.25) is 0 Å². The highest BCUT2D eigenvalue weighted by atomic mass is 19.4. The summed E-state index contributed by atoms with van der Waals surface area (Å²) in [4.78, 5) is 11.9. The lowest BCUT2D eigenvalue weighted by Gasteiger charge is -2.13. The van der Waals surface area contributed by atoms with Crippen LogP contribution in [0.15, 0.2) is 42.5 Å². The smallest absolute Gasteiger partial charge is 0.344 e. The number of carbonyl (C=O) groups is 1. The molecule has 2 aromatic rings. The second-order valence-corrected chi connectivity index (χ2v) is 4.40. The average molecular weight is 295 g/mol. The van der Waals surface area contributed by atoms with Crippen LogP contribution in [-0.4, -0.2) is 16.1 Å². The molecular weight excluding hydrogens is 283 g/mol. The highest BCUT2D eigenvalue weighted by Crippen LogP contribution is 2.27. The summed E-state index contributed by atoms with van der Waals surface area (Å²) in [7, 11) is 0. The van der Waals surface area contributed by atoms with Crippen molar-refractivity contribution in [1.82, 2.24) is 15.5 Å². The zero-order valence-electron chi connectivity index (χ0n) is 11.1. The van der Waals surface area contributed by atoms with E-state index in [9.17, 15) is 18.0 Å². The van der Waals surface area contributed by atoms with E-state index >= 15 is 0 Å². The van der Waals surface area contributed by atoms with Crippen molar-refractivity contribution in [2.45, 2.75) is 19.1 Å². The third-order valence-electron chi connectivity index (χ3n) is 2.80. The van der Waals surface area contributed by atoms with Gasteiger partial charge in [-0.25, -0.2) is 0 Å². The number of amides is 1. The summed E-state index contributed by atoms with van der Waals surface area (Å²) in [6.07, 6.45) is -4.53.